The van der Waals surface area contributed by atoms with E-state index in [-0.39, 0.29) is 0 Å². The van der Waals surface area contributed by atoms with Crippen molar-refractivity contribution in [3.63, 3.8) is 0 Å². The van der Waals surface area contributed by atoms with E-state index in [1.807, 2.05) is 19.1 Å². The molecule has 0 saturated carbocycles. The summed E-state index contributed by atoms with van der Waals surface area (Å²) in [6, 6.07) is 0. The minimum Gasteiger partial charge on any atom is -0.479 e. The maximum Gasteiger partial charge on any atom is 0.333 e. The van der Waals surface area contributed by atoms with Crippen LogP contribution in [-0.4, -0.2) is 23.8 Å². The van der Waals surface area contributed by atoms with Gasteiger partial charge in [0.15, 0.2) is 6.10 Å². The second kappa shape index (κ2) is 8.75. The molecule has 82 valence electrons. The van der Waals surface area contributed by atoms with Gasteiger partial charge in [-0.2, -0.15) is 0 Å². The fourth-order valence-electron chi connectivity index (χ4n) is 1.08. The van der Waals surface area contributed by atoms with Crippen molar-refractivity contribution >= 4 is 5.97 Å². The number of carboxylic acids is 1. The Morgan fingerprint density at radius 3 is 2.71 bits per heavy atom. The van der Waals surface area contributed by atoms with Gasteiger partial charge in [-0.25, -0.2) is 4.79 Å². The van der Waals surface area contributed by atoms with Gasteiger partial charge in [-0.15, -0.1) is 0 Å². The zero-order valence-corrected chi connectivity index (χ0v) is 9.03. The van der Waals surface area contributed by atoms with Gasteiger partial charge in [-0.05, 0) is 13.3 Å². The Balaban J connectivity index is 3.68. The SMILES string of the molecule is C/C=C/CC(OCCCCC)C(=O)O. The van der Waals surface area contributed by atoms with E-state index in [4.69, 9.17) is 9.84 Å². The van der Waals surface area contributed by atoms with Gasteiger partial charge in [0.1, 0.15) is 0 Å². The van der Waals surface area contributed by atoms with Crippen LogP contribution in [-0.2, 0) is 9.53 Å². The first-order valence-corrected chi connectivity index (χ1v) is 5.18. The van der Waals surface area contributed by atoms with E-state index in [1.54, 1.807) is 0 Å². The van der Waals surface area contributed by atoms with Crippen molar-refractivity contribution in [1.29, 1.82) is 0 Å². The Labute approximate surface area is 85.8 Å². The van der Waals surface area contributed by atoms with Crippen molar-refractivity contribution in [2.75, 3.05) is 6.61 Å². The van der Waals surface area contributed by atoms with Gasteiger partial charge in [0, 0.05) is 13.0 Å². The highest BCUT2D eigenvalue weighted by Crippen LogP contribution is 2.03. The summed E-state index contributed by atoms with van der Waals surface area (Å²) >= 11 is 0. The Kier molecular flexibility index (Phi) is 8.24. The van der Waals surface area contributed by atoms with Gasteiger partial charge in [0.25, 0.3) is 0 Å². The van der Waals surface area contributed by atoms with Gasteiger partial charge >= 0.3 is 5.97 Å². The standard InChI is InChI=1S/C11H20O3/c1-3-5-7-9-14-10(11(12)13)8-6-4-2/h4,6,10H,3,5,7-9H2,1-2H3,(H,12,13)/b6-4+. The molecule has 0 aliphatic carbocycles. The van der Waals surface area contributed by atoms with E-state index in [1.165, 1.54) is 0 Å². The minimum absolute atomic E-state index is 0.456. The summed E-state index contributed by atoms with van der Waals surface area (Å²) in [5.41, 5.74) is 0. The monoisotopic (exact) mass is 200 g/mol. The first-order chi connectivity index (χ1) is 6.72. The topological polar surface area (TPSA) is 46.5 Å². The molecule has 0 heterocycles. The number of hydrogen-bond donors (Lipinski definition) is 1. The number of carboxylic acid groups (broad SMARTS) is 1. The van der Waals surface area contributed by atoms with E-state index in [0.717, 1.165) is 19.3 Å². The molecule has 0 aromatic carbocycles. The predicted molar refractivity (Wildman–Crippen MR) is 56.3 cm³/mol. The fraction of sp³-hybridized carbons (Fsp3) is 0.727. The van der Waals surface area contributed by atoms with Crippen LogP contribution in [0.25, 0.3) is 0 Å². The maximum absolute atomic E-state index is 10.7. The molecule has 0 aliphatic rings. The Hall–Kier alpha value is -0.830. The first kappa shape index (κ1) is 13.2. The average Bonchev–Trinajstić information content (AvgIpc) is 2.16. The van der Waals surface area contributed by atoms with Crippen molar-refractivity contribution < 1.29 is 14.6 Å². The lowest BCUT2D eigenvalue weighted by atomic mass is 10.2. The molecule has 1 atom stereocenters. The predicted octanol–water partition coefficient (Wildman–Crippen LogP) is 2.61. The molecule has 3 nitrogen and oxygen atoms in total. The number of carbonyl (C=O) groups is 1. The summed E-state index contributed by atoms with van der Waals surface area (Å²) in [4.78, 5) is 10.7. The number of allylic oxidation sites excluding steroid dienone is 1. The third-order valence-corrected chi connectivity index (χ3v) is 1.93. The molecule has 1 unspecified atom stereocenters. The highest BCUT2D eigenvalue weighted by Gasteiger charge is 2.15. The lowest BCUT2D eigenvalue weighted by Gasteiger charge is -2.11. The van der Waals surface area contributed by atoms with Crippen molar-refractivity contribution in [2.24, 2.45) is 0 Å². The molecule has 0 aromatic rings. The minimum atomic E-state index is -0.875. The Morgan fingerprint density at radius 1 is 1.50 bits per heavy atom. The van der Waals surface area contributed by atoms with Crippen molar-refractivity contribution in [3.8, 4) is 0 Å². The molecule has 0 spiro atoms. The van der Waals surface area contributed by atoms with E-state index < -0.39 is 12.1 Å². The van der Waals surface area contributed by atoms with Gasteiger partial charge < -0.3 is 9.84 Å². The summed E-state index contributed by atoms with van der Waals surface area (Å²) < 4.78 is 5.26. The zero-order chi connectivity index (χ0) is 10.8. The van der Waals surface area contributed by atoms with Crippen LogP contribution in [0.3, 0.4) is 0 Å². The first-order valence-electron chi connectivity index (χ1n) is 5.18. The van der Waals surface area contributed by atoms with Crippen LogP contribution in [0.15, 0.2) is 12.2 Å². The van der Waals surface area contributed by atoms with Crippen LogP contribution < -0.4 is 0 Å². The largest absolute Gasteiger partial charge is 0.479 e. The molecule has 0 radical (unpaired) electrons. The molecule has 0 bridgehead atoms. The molecule has 0 saturated heterocycles. The number of hydrogen-bond acceptors (Lipinski definition) is 2. The van der Waals surface area contributed by atoms with Crippen molar-refractivity contribution in [2.45, 2.75) is 45.6 Å². The van der Waals surface area contributed by atoms with Gasteiger partial charge in [-0.1, -0.05) is 31.9 Å². The van der Waals surface area contributed by atoms with E-state index in [0.29, 0.717) is 13.0 Å². The Bertz CT molecular complexity index is 175. The number of aliphatic carboxylic acids is 1. The Morgan fingerprint density at radius 2 is 2.21 bits per heavy atom. The number of ether oxygens (including phenoxy) is 1. The van der Waals surface area contributed by atoms with Crippen molar-refractivity contribution in [3.05, 3.63) is 12.2 Å². The maximum atomic E-state index is 10.7. The van der Waals surface area contributed by atoms with Gasteiger partial charge in [-0.3, -0.25) is 0 Å². The van der Waals surface area contributed by atoms with Gasteiger partial charge in [0.05, 0.1) is 0 Å². The number of unbranched alkanes of at least 4 members (excludes halogenated alkanes) is 2. The lowest BCUT2D eigenvalue weighted by molar-refractivity contribution is -0.150. The summed E-state index contributed by atoms with van der Waals surface area (Å²) in [5.74, 6) is -0.875. The fourth-order valence-corrected chi connectivity index (χ4v) is 1.08. The lowest BCUT2D eigenvalue weighted by Crippen LogP contribution is -2.23. The molecular weight excluding hydrogens is 180 g/mol. The average molecular weight is 200 g/mol. The third-order valence-electron chi connectivity index (χ3n) is 1.93. The van der Waals surface area contributed by atoms with Gasteiger partial charge in [0.2, 0.25) is 0 Å². The quantitative estimate of drug-likeness (QED) is 0.484. The molecule has 0 aromatic heterocycles. The third kappa shape index (κ3) is 6.66. The van der Waals surface area contributed by atoms with Crippen LogP contribution >= 0.6 is 0 Å². The van der Waals surface area contributed by atoms with E-state index in [9.17, 15) is 4.79 Å². The molecule has 0 aliphatic heterocycles. The molecular formula is C11H20O3. The highest BCUT2D eigenvalue weighted by molar-refractivity contribution is 5.72. The smallest absolute Gasteiger partial charge is 0.333 e. The number of rotatable bonds is 8. The molecule has 0 amide bonds. The van der Waals surface area contributed by atoms with Crippen LogP contribution in [0.4, 0.5) is 0 Å². The molecule has 1 N–H and O–H groups in total. The summed E-state index contributed by atoms with van der Waals surface area (Å²) in [6.45, 7) is 4.52. The summed E-state index contributed by atoms with van der Waals surface area (Å²) in [7, 11) is 0. The zero-order valence-electron chi connectivity index (χ0n) is 9.03. The van der Waals surface area contributed by atoms with E-state index >= 15 is 0 Å². The van der Waals surface area contributed by atoms with Crippen LogP contribution in [0.5, 0.6) is 0 Å². The normalized spacial score (nSPS) is 13.3. The van der Waals surface area contributed by atoms with Crippen LogP contribution in [0.1, 0.15) is 39.5 Å². The molecule has 0 fully saturated rings. The molecule has 3 heteroatoms. The molecule has 0 rings (SSSR count). The van der Waals surface area contributed by atoms with Crippen molar-refractivity contribution in [1.82, 2.24) is 0 Å². The molecule has 14 heavy (non-hydrogen) atoms. The summed E-state index contributed by atoms with van der Waals surface area (Å²) in [6.07, 6.45) is 6.59. The second-order valence-corrected chi connectivity index (χ2v) is 3.21. The van der Waals surface area contributed by atoms with E-state index in [2.05, 4.69) is 6.92 Å². The van der Waals surface area contributed by atoms with Crippen LogP contribution in [0, 0.1) is 0 Å². The summed E-state index contributed by atoms with van der Waals surface area (Å²) in [5, 5.41) is 8.80. The second-order valence-electron chi connectivity index (χ2n) is 3.21. The highest BCUT2D eigenvalue weighted by atomic mass is 16.5. The van der Waals surface area contributed by atoms with Crippen LogP contribution in [0.2, 0.25) is 0 Å².